The van der Waals surface area contributed by atoms with Crippen LogP contribution in [-0.4, -0.2) is 18.0 Å². The molecule has 6 heteroatoms. The second kappa shape index (κ2) is 6.94. The molecule has 1 N–H and O–H groups in total. The highest BCUT2D eigenvalue weighted by Crippen LogP contribution is 2.26. The number of thiazole rings is 1. The topological polar surface area (TPSA) is 75.0 Å². The molecule has 0 spiro atoms. The molecule has 0 saturated heterocycles. The van der Waals surface area contributed by atoms with Gasteiger partial charge in [0.15, 0.2) is 5.13 Å². The van der Waals surface area contributed by atoms with Crippen molar-refractivity contribution in [1.82, 2.24) is 4.98 Å². The molecule has 0 aliphatic heterocycles. The van der Waals surface area contributed by atoms with Crippen molar-refractivity contribution in [2.75, 3.05) is 12.4 Å². The van der Waals surface area contributed by atoms with Gasteiger partial charge in [-0.05, 0) is 48.5 Å². The Kier molecular flexibility index (Phi) is 4.54. The highest BCUT2D eigenvalue weighted by Gasteiger charge is 2.10. The van der Waals surface area contributed by atoms with E-state index >= 15 is 0 Å². The summed E-state index contributed by atoms with van der Waals surface area (Å²) in [6, 6.07) is 16.0. The lowest BCUT2D eigenvalue weighted by Gasteiger charge is -2.02. The van der Waals surface area contributed by atoms with E-state index in [0.29, 0.717) is 16.3 Å². The molecule has 1 heterocycles. The first kappa shape index (κ1) is 15.7. The van der Waals surface area contributed by atoms with Crippen LogP contribution in [0.5, 0.6) is 5.75 Å². The van der Waals surface area contributed by atoms with E-state index in [-0.39, 0.29) is 5.91 Å². The quantitative estimate of drug-likeness (QED) is 0.783. The second-order valence-corrected chi connectivity index (χ2v) is 5.77. The third kappa shape index (κ3) is 3.42. The summed E-state index contributed by atoms with van der Waals surface area (Å²) in [5, 5.41) is 14.0. The molecule has 0 atom stereocenters. The predicted molar refractivity (Wildman–Crippen MR) is 93.2 cm³/mol. The van der Waals surface area contributed by atoms with E-state index in [4.69, 9.17) is 10.00 Å². The number of carbonyl (C=O) groups excluding carboxylic acids is 1. The fraction of sp³-hybridized carbons (Fsp3) is 0.0556. The van der Waals surface area contributed by atoms with Crippen LogP contribution in [0.1, 0.15) is 15.9 Å². The van der Waals surface area contributed by atoms with Gasteiger partial charge in [0.2, 0.25) is 0 Å². The lowest BCUT2D eigenvalue weighted by Crippen LogP contribution is -2.11. The highest BCUT2D eigenvalue weighted by molar-refractivity contribution is 7.14. The summed E-state index contributed by atoms with van der Waals surface area (Å²) >= 11 is 1.36. The van der Waals surface area contributed by atoms with Crippen LogP contribution >= 0.6 is 11.3 Å². The Morgan fingerprint density at radius 1 is 1.17 bits per heavy atom. The van der Waals surface area contributed by atoms with Crippen molar-refractivity contribution in [3.05, 3.63) is 65.0 Å². The van der Waals surface area contributed by atoms with Crippen LogP contribution < -0.4 is 10.1 Å². The number of anilines is 1. The monoisotopic (exact) mass is 335 g/mol. The molecule has 0 radical (unpaired) electrons. The highest BCUT2D eigenvalue weighted by atomic mass is 32.1. The van der Waals surface area contributed by atoms with Gasteiger partial charge < -0.3 is 4.74 Å². The van der Waals surface area contributed by atoms with E-state index in [1.807, 2.05) is 35.7 Å². The largest absolute Gasteiger partial charge is 0.497 e. The molecular formula is C18H13N3O2S. The Labute approximate surface area is 143 Å². The van der Waals surface area contributed by atoms with E-state index in [0.717, 1.165) is 17.0 Å². The molecule has 0 bridgehead atoms. The standard InChI is InChI=1S/C18H13N3O2S/c1-23-15-8-6-13(7-9-15)16-11-24-18(20-16)21-17(22)14-4-2-12(10-19)3-5-14/h2-9,11H,1H3,(H,20,21,22). The first-order valence-corrected chi connectivity index (χ1v) is 7.99. The minimum Gasteiger partial charge on any atom is -0.497 e. The Balaban J connectivity index is 1.72. The van der Waals surface area contributed by atoms with Crippen molar-refractivity contribution < 1.29 is 9.53 Å². The molecule has 1 amide bonds. The number of amides is 1. The third-order valence-corrected chi connectivity index (χ3v) is 4.14. The Bertz CT molecular complexity index is 893. The van der Waals surface area contributed by atoms with Crippen molar-refractivity contribution in [2.24, 2.45) is 0 Å². The van der Waals surface area contributed by atoms with Gasteiger partial charge in [-0.3, -0.25) is 10.1 Å². The number of benzene rings is 2. The normalized spacial score (nSPS) is 10.0. The summed E-state index contributed by atoms with van der Waals surface area (Å²) in [6.07, 6.45) is 0. The molecule has 3 rings (SSSR count). The van der Waals surface area contributed by atoms with Crippen molar-refractivity contribution >= 4 is 22.4 Å². The van der Waals surface area contributed by atoms with Gasteiger partial charge in [-0.2, -0.15) is 5.26 Å². The minimum absolute atomic E-state index is 0.255. The van der Waals surface area contributed by atoms with Crippen molar-refractivity contribution in [1.29, 1.82) is 5.26 Å². The maximum Gasteiger partial charge on any atom is 0.257 e. The Hall–Kier alpha value is -3.17. The average molecular weight is 335 g/mol. The van der Waals surface area contributed by atoms with Crippen LogP contribution in [0, 0.1) is 11.3 Å². The van der Waals surface area contributed by atoms with Gasteiger partial charge >= 0.3 is 0 Å². The predicted octanol–water partition coefficient (Wildman–Crippen LogP) is 3.94. The van der Waals surface area contributed by atoms with E-state index < -0.39 is 0 Å². The van der Waals surface area contributed by atoms with E-state index in [1.54, 1.807) is 31.4 Å². The van der Waals surface area contributed by atoms with Gasteiger partial charge in [0.05, 0.1) is 24.4 Å². The van der Waals surface area contributed by atoms with Crippen LogP contribution in [0.25, 0.3) is 11.3 Å². The molecule has 0 saturated carbocycles. The lowest BCUT2D eigenvalue weighted by atomic mass is 10.1. The maximum atomic E-state index is 12.2. The summed E-state index contributed by atoms with van der Waals surface area (Å²) < 4.78 is 5.13. The molecule has 3 aromatic rings. The zero-order chi connectivity index (χ0) is 16.9. The number of nitriles is 1. The fourth-order valence-corrected chi connectivity index (χ4v) is 2.81. The number of nitrogens with zero attached hydrogens (tertiary/aromatic N) is 2. The van der Waals surface area contributed by atoms with E-state index in [9.17, 15) is 4.79 Å². The van der Waals surface area contributed by atoms with Crippen molar-refractivity contribution in [3.8, 4) is 23.1 Å². The first-order valence-electron chi connectivity index (χ1n) is 7.11. The third-order valence-electron chi connectivity index (χ3n) is 3.39. The fourth-order valence-electron chi connectivity index (χ4n) is 2.09. The maximum absolute atomic E-state index is 12.2. The number of hydrogen-bond acceptors (Lipinski definition) is 5. The van der Waals surface area contributed by atoms with Gasteiger partial charge in [-0.1, -0.05) is 0 Å². The number of nitrogens with one attached hydrogen (secondary N) is 1. The molecular weight excluding hydrogens is 322 g/mol. The smallest absolute Gasteiger partial charge is 0.257 e. The number of methoxy groups -OCH3 is 1. The molecule has 118 valence electrons. The van der Waals surface area contributed by atoms with E-state index in [1.165, 1.54) is 11.3 Å². The molecule has 0 unspecified atom stereocenters. The van der Waals surface area contributed by atoms with E-state index in [2.05, 4.69) is 10.3 Å². The van der Waals surface area contributed by atoms with Crippen LogP contribution in [0.3, 0.4) is 0 Å². The van der Waals surface area contributed by atoms with Gasteiger partial charge in [-0.15, -0.1) is 11.3 Å². The Morgan fingerprint density at radius 3 is 2.50 bits per heavy atom. The zero-order valence-corrected chi connectivity index (χ0v) is 13.6. The van der Waals surface area contributed by atoms with Gasteiger partial charge in [0, 0.05) is 16.5 Å². The SMILES string of the molecule is COc1ccc(-c2csc(NC(=O)c3ccc(C#N)cc3)n2)cc1. The Morgan fingerprint density at radius 2 is 1.88 bits per heavy atom. The summed E-state index contributed by atoms with van der Waals surface area (Å²) in [4.78, 5) is 16.6. The number of rotatable bonds is 4. The van der Waals surface area contributed by atoms with Crippen LogP contribution in [0.4, 0.5) is 5.13 Å². The van der Waals surface area contributed by atoms with Crippen molar-refractivity contribution in [3.63, 3.8) is 0 Å². The minimum atomic E-state index is -0.255. The number of ether oxygens (including phenoxy) is 1. The second-order valence-electron chi connectivity index (χ2n) is 4.91. The van der Waals surface area contributed by atoms with Gasteiger partial charge in [0.25, 0.3) is 5.91 Å². The molecule has 1 aromatic heterocycles. The number of aromatic nitrogens is 1. The number of hydrogen-bond donors (Lipinski definition) is 1. The first-order chi connectivity index (χ1) is 11.7. The zero-order valence-electron chi connectivity index (χ0n) is 12.8. The van der Waals surface area contributed by atoms with Gasteiger partial charge in [-0.25, -0.2) is 4.98 Å². The molecule has 0 aliphatic carbocycles. The van der Waals surface area contributed by atoms with Gasteiger partial charge in [0.1, 0.15) is 5.75 Å². The summed E-state index contributed by atoms with van der Waals surface area (Å²) in [5.41, 5.74) is 2.74. The van der Waals surface area contributed by atoms with Crippen LogP contribution in [0.2, 0.25) is 0 Å². The van der Waals surface area contributed by atoms with Crippen molar-refractivity contribution in [2.45, 2.75) is 0 Å². The molecule has 0 aliphatic rings. The summed E-state index contributed by atoms with van der Waals surface area (Å²) in [7, 11) is 1.62. The average Bonchev–Trinajstić information content (AvgIpc) is 3.10. The summed E-state index contributed by atoms with van der Waals surface area (Å²) in [5.74, 6) is 0.526. The number of carbonyl (C=O) groups is 1. The van der Waals surface area contributed by atoms with Crippen LogP contribution in [-0.2, 0) is 0 Å². The lowest BCUT2D eigenvalue weighted by molar-refractivity contribution is 0.102. The summed E-state index contributed by atoms with van der Waals surface area (Å²) in [6.45, 7) is 0. The molecule has 24 heavy (non-hydrogen) atoms. The molecule has 0 fully saturated rings. The molecule has 5 nitrogen and oxygen atoms in total. The van der Waals surface area contributed by atoms with Crippen LogP contribution in [0.15, 0.2) is 53.9 Å². The molecule has 2 aromatic carbocycles.